The predicted molar refractivity (Wildman–Crippen MR) is 95.0 cm³/mol. The minimum Gasteiger partial charge on any atom is -0.391 e. The number of amides is 2. The average molecular weight is 353 g/mol. The zero-order chi connectivity index (χ0) is 18.2. The number of hydrogen-bond donors (Lipinski definition) is 2. The van der Waals surface area contributed by atoms with Crippen LogP contribution in [0.15, 0.2) is 12.2 Å². The standard InChI is InChI=1S/C18H31N3O4/c1-14(2)18(24)19-15-5-8-21(9-6-16(15)22)17(23)4-3-7-20-10-12-25-13-11-20/h3-4,14-16,22H,5-13H2,1-2H3,(H,19,24)/b4-3+/t15-,16-/m0/s1. The van der Waals surface area contributed by atoms with E-state index >= 15 is 0 Å². The van der Waals surface area contributed by atoms with Crippen LogP contribution in [0, 0.1) is 5.92 Å². The van der Waals surface area contributed by atoms with Crippen LogP contribution < -0.4 is 5.32 Å². The molecule has 2 amide bonds. The molecule has 2 N–H and O–H groups in total. The molecule has 0 aromatic rings. The summed E-state index contributed by atoms with van der Waals surface area (Å²) in [6, 6.07) is -0.287. The Hall–Kier alpha value is -1.44. The lowest BCUT2D eigenvalue weighted by Crippen LogP contribution is -2.44. The maximum absolute atomic E-state index is 12.4. The van der Waals surface area contributed by atoms with Gasteiger partial charge in [-0.3, -0.25) is 14.5 Å². The molecule has 0 radical (unpaired) electrons. The molecule has 2 fully saturated rings. The van der Waals surface area contributed by atoms with Crippen LogP contribution in [-0.2, 0) is 14.3 Å². The number of rotatable bonds is 5. The molecule has 0 aliphatic carbocycles. The molecular formula is C18H31N3O4. The van der Waals surface area contributed by atoms with Crippen LogP contribution in [0.3, 0.4) is 0 Å². The van der Waals surface area contributed by atoms with Crippen LogP contribution in [0.4, 0.5) is 0 Å². The van der Waals surface area contributed by atoms with Gasteiger partial charge in [-0.25, -0.2) is 0 Å². The maximum atomic E-state index is 12.4. The Morgan fingerprint density at radius 1 is 1.20 bits per heavy atom. The molecule has 0 spiro atoms. The second kappa shape index (κ2) is 9.89. The molecule has 2 atom stereocenters. The Labute approximate surface area is 150 Å². The zero-order valence-corrected chi connectivity index (χ0v) is 15.3. The number of ether oxygens (including phenoxy) is 1. The summed E-state index contributed by atoms with van der Waals surface area (Å²) < 4.78 is 5.30. The number of likely N-dealkylation sites (tertiary alicyclic amines) is 1. The first-order valence-corrected chi connectivity index (χ1v) is 9.21. The largest absolute Gasteiger partial charge is 0.391 e. The first kappa shape index (κ1) is 19.9. The van der Waals surface area contributed by atoms with Crippen molar-refractivity contribution in [3.63, 3.8) is 0 Å². The third-order valence-corrected chi connectivity index (χ3v) is 4.76. The quantitative estimate of drug-likeness (QED) is 0.680. The van der Waals surface area contributed by atoms with Crippen molar-refractivity contribution in [1.82, 2.24) is 15.1 Å². The Morgan fingerprint density at radius 2 is 1.88 bits per heavy atom. The number of morpholine rings is 1. The van der Waals surface area contributed by atoms with Crippen LogP contribution in [0.25, 0.3) is 0 Å². The van der Waals surface area contributed by atoms with E-state index in [0.29, 0.717) is 25.9 Å². The fourth-order valence-electron chi connectivity index (χ4n) is 3.02. The molecule has 0 bridgehead atoms. The van der Waals surface area contributed by atoms with Crippen molar-refractivity contribution in [2.24, 2.45) is 5.92 Å². The fourth-order valence-corrected chi connectivity index (χ4v) is 3.02. The maximum Gasteiger partial charge on any atom is 0.246 e. The number of aliphatic hydroxyl groups excluding tert-OH is 1. The monoisotopic (exact) mass is 353 g/mol. The van der Waals surface area contributed by atoms with Gasteiger partial charge in [0, 0.05) is 44.7 Å². The zero-order valence-electron chi connectivity index (χ0n) is 15.3. The van der Waals surface area contributed by atoms with Crippen LogP contribution in [0.2, 0.25) is 0 Å². The van der Waals surface area contributed by atoms with Crippen LogP contribution >= 0.6 is 0 Å². The van der Waals surface area contributed by atoms with Crippen molar-refractivity contribution in [1.29, 1.82) is 0 Å². The average Bonchev–Trinajstić information content (AvgIpc) is 2.78. The smallest absolute Gasteiger partial charge is 0.246 e. The molecule has 0 aromatic heterocycles. The first-order chi connectivity index (χ1) is 12.0. The number of nitrogens with zero attached hydrogens (tertiary/aromatic N) is 2. The minimum absolute atomic E-state index is 0.0312. The third kappa shape index (κ3) is 6.41. The lowest BCUT2D eigenvalue weighted by Gasteiger charge is -2.25. The van der Waals surface area contributed by atoms with Crippen molar-refractivity contribution in [3.8, 4) is 0 Å². The van der Waals surface area contributed by atoms with Gasteiger partial charge in [-0.2, -0.15) is 0 Å². The molecule has 25 heavy (non-hydrogen) atoms. The van der Waals surface area contributed by atoms with E-state index in [0.717, 1.165) is 32.8 Å². The van der Waals surface area contributed by atoms with E-state index in [9.17, 15) is 14.7 Å². The first-order valence-electron chi connectivity index (χ1n) is 9.21. The van der Waals surface area contributed by atoms with Crippen molar-refractivity contribution >= 4 is 11.8 Å². The number of carbonyl (C=O) groups excluding carboxylic acids is 2. The van der Waals surface area contributed by atoms with Gasteiger partial charge in [-0.15, -0.1) is 0 Å². The van der Waals surface area contributed by atoms with E-state index in [-0.39, 0.29) is 23.8 Å². The van der Waals surface area contributed by atoms with E-state index in [1.807, 2.05) is 19.9 Å². The summed E-state index contributed by atoms with van der Waals surface area (Å²) in [5, 5.41) is 13.1. The molecule has 2 rings (SSSR count). The lowest BCUT2D eigenvalue weighted by molar-refractivity contribution is -0.126. The Bertz CT molecular complexity index is 475. The summed E-state index contributed by atoms with van der Waals surface area (Å²) in [5.74, 6) is -0.207. The van der Waals surface area contributed by atoms with Gasteiger partial charge >= 0.3 is 0 Å². The lowest BCUT2D eigenvalue weighted by atomic mass is 10.1. The molecule has 0 aromatic carbocycles. The van der Waals surface area contributed by atoms with E-state index in [1.54, 1.807) is 11.0 Å². The summed E-state index contributed by atoms with van der Waals surface area (Å²) in [4.78, 5) is 28.2. The SMILES string of the molecule is CC(C)C(=O)N[C@H]1CCN(C(=O)/C=C/CN2CCOCC2)CC[C@@H]1O. The van der Waals surface area contributed by atoms with Gasteiger partial charge in [0.15, 0.2) is 0 Å². The molecule has 2 aliphatic rings. The number of hydrogen-bond acceptors (Lipinski definition) is 5. The minimum atomic E-state index is -0.613. The van der Waals surface area contributed by atoms with Crippen LogP contribution in [0.5, 0.6) is 0 Å². The van der Waals surface area contributed by atoms with Crippen molar-refractivity contribution < 1.29 is 19.4 Å². The number of nitrogens with one attached hydrogen (secondary N) is 1. The van der Waals surface area contributed by atoms with Crippen molar-refractivity contribution in [2.45, 2.75) is 38.8 Å². The summed E-state index contributed by atoms with van der Waals surface area (Å²) >= 11 is 0. The Morgan fingerprint density at radius 3 is 2.56 bits per heavy atom. The highest BCUT2D eigenvalue weighted by Gasteiger charge is 2.27. The molecule has 0 saturated carbocycles. The second-order valence-corrected chi connectivity index (χ2v) is 7.06. The van der Waals surface area contributed by atoms with Gasteiger partial charge in [0.1, 0.15) is 0 Å². The molecular weight excluding hydrogens is 322 g/mol. The molecule has 7 nitrogen and oxygen atoms in total. The van der Waals surface area contributed by atoms with E-state index in [4.69, 9.17) is 4.74 Å². The third-order valence-electron chi connectivity index (χ3n) is 4.76. The number of aliphatic hydroxyl groups is 1. The summed E-state index contributed by atoms with van der Waals surface area (Å²) in [7, 11) is 0. The van der Waals surface area contributed by atoms with Gasteiger partial charge < -0.3 is 20.1 Å². The van der Waals surface area contributed by atoms with Gasteiger partial charge in [-0.05, 0) is 12.8 Å². The molecule has 2 heterocycles. The predicted octanol–water partition coefficient (Wildman–Crippen LogP) is -0.00110. The van der Waals surface area contributed by atoms with Crippen molar-refractivity contribution in [3.05, 3.63) is 12.2 Å². The summed E-state index contributed by atoms with van der Waals surface area (Å²) in [6.07, 6.45) is 3.95. The molecule has 2 aliphatic heterocycles. The highest BCUT2D eigenvalue weighted by atomic mass is 16.5. The van der Waals surface area contributed by atoms with E-state index < -0.39 is 6.10 Å². The molecule has 0 unspecified atom stereocenters. The Kier molecular flexibility index (Phi) is 7.87. The summed E-state index contributed by atoms with van der Waals surface area (Å²) in [5.41, 5.74) is 0. The van der Waals surface area contributed by atoms with E-state index in [1.165, 1.54) is 0 Å². The van der Waals surface area contributed by atoms with Crippen LogP contribution in [0.1, 0.15) is 26.7 Å². The topological polar surface area (TPSA) is 82.1 Å². The summed E-state index contributed by atoms with van der Waals surface area (Å²) in [6.45, 7) is 8.73. The van der Waals surface area contributed by atoms with Gasteiger partial charge in [0.2, 0.25) is 11.8 Å². The second-order valence-electron chi connectivity index (χ2n) is 7.06. The van der Waals surface area contributed by atoms with Gasteiger partial charge in [0.25, 0.3) is 0 Å². The highest BCUT2D eigenvalue weighted by molar-refractivity contribution is 5.87. The fraction of sp³-hybridized carbons (Fsp3) is 0.778. The van der Waals surface area contributed by atoms with Crippen molar-refractivity contribution in [2.75, 3.05) is 45.9 Å². The number of carbonyl (C=O) groups is 2. The van der Waals surface area contributed by atoms with Gasteiger partial charge in [-0.1, -0.05) is 19.9 Å². The van der Waals surface area contributed by atoms with E-state index in [2.05, 4.69) is 10.2 Å². The van der Waals surface area contributed by atoms with Crippen LogP contribution in [-0.4, -0.2) is 84.8 Å². The van der Waals surface area contributed by atoms with Gasteiger partial charge in [0.05, 0.1) is 25.4 Å². The molecule has 2 saturated heterocycles. The molecule has 142 valence electrons. The Balaban J connectivity index is 1.80. The normalized spacial score (nSPS) is 26.0. The molecule has 7 heteroatoms. The highest BCUT2D eigenvalue weighted by Crippen LogP contribution is 2.13.